The van der Waals surface area contributed by atoms with Crippen LogP contribution in [0.1, 0.15) is 19.4 Å². The summed E-state index contributed by atoms with van der Waals surface area (Å²) in [5.41, 5.74) is 1.04. The molecule has 152 valence electrons. The van der Waals surface area contributed by atoms with Gasteiger partial charge >= 0.3 is 0 Å². The minimum absolute atomic E-state index is 0.173. The summed E-state index contributed by atoms with van der Waals surface area (Å²) in [7, 11) is 5.08. The minimum Gasteiger partial charge on any atom is -0.497 e. The first-order valence-electron chi connectivity index (χ1n) is 9.55. The molecule has 0 aromatic heterocycles. The normalized spacial score (nSPS) is 18.4. The van der Waals surface area contributed by atoms with E-state index >= 15 is 0 Å². The molecule has 2 N–H and O–H groups in total. The zero-order valence-corrected chi connectivity index (χ0v) is 17.2. The van der Waals surface area contributed by atoms with E-state index in [1.165, 1.54) is 0 Å². The maximum absolute atomic E-state index is 5.89. The van der Waals surface area contributed by atoms with Crippen LogP contribution in [0.4, 0.5) is 0 Å². The monoisotopic (exact) mass is 378 g/mol. The van der Waals surface area contributed by atoms with Crippen molar-refractivity contribution < 1.29 is 14.2 Å². The first-order chi connectivity index (χ1) is 13.0. The third kappa shape index (κ3) is 6.92. The van der Waals surface area contributed by atoms with Gasteiger partial charge in [-0.3, -0.25) is 9.89 Å². The van der Waals surface area contributed by atoms with Crippen molar-refractivity contribution >= 4 is 5.96 Å². The molecule has 1 aromatic rings. The maximum Gasteiger partial charge on any atom is 0.191 e. The lowest BCUT2D eigenvalue weighted by Gasteiger charge is -2.34. The SMILES string of the molecule is CN=C(NCc1ccc(OC)cc1OC)NCC1CN(CC(C)C)CCO1. The van der Waals surface area contributed by atoms with Gasteiger partial charge in [0.1, 0.15) is 11.5 Å². The number of ether oxygens (including phenoxy) is 3. The molecule has 1 aliphatic rings. The standard InChI is InChI=1S/C20H34N4O3/c1-15(2)13-24-8-9-27-18(14-24)12-23-20(21-3)22-11-16-6-7-17(25-4)10-19(16)26-5/h6-7,10,15,18H,8-9,11-14H2,1-5H3,(H2,21,22,23). The summed E-state index contributed by atoms with van der Waals surface area (Å²) in [5.74, 6) is 2.99. The van der Waals surface area contributed by atoms with Crippen LogP contribution in [0, 0.1) is 5.92 Å². The number of nitrogens with zero attached hydrogens (tertiary/aromatic N) is 2. The minimum atomic E-state index is 0.173. The van der Waals surface area contributed by atoms with Gasteiger partial charge in [-0.25, -0.2) is 0 Å². The Morgan fingerprint density at radius 3 is 2.78 bits per heavy atom. The van der Waals surface area contributed by atoms with Crippen molar-refractivity contribution in [3.63, 3.8) is 0 Å². The van der Waals surface area contributed by atoms with E-state index in [4.69, 9.17) is 14.2 Å². The van der Waals surface area contributed by atoms with Crippen LogP contribution in [0.2, 0.25) is 0 Å². The van der Waals surface area contributed by atoms with Gasteiger partial charge in [-0.05, 0) is 18.1 Å². The van der Waals surface area contributed by atoms with Crippen LogP contribution in [0.15, 0.2) is 23.2 Å². The van der Waals surface area contributed by atoms with Gasteiger partial charge in [0, 0.05) is 51.4 Å². The quantitative estimate of drug-likeness (QED) is 0.530. The van der Waals surface area contributed by atoms with E-state index in [1.54, 1.807) is 21.3 Å². The Labute approximate surface area is 163 Å². The van der Waals surface area contributed by atoms with E-state index in [9.17, 15) is 0 Å². The summed E-state index contributed by atoms with van der Waals surface area (Å²) in [5, 5.41) is 6.69. The Kier molecular flexibility index (Phi) is 8.67. The lowest BCUT2D eigenvalue weighted by Crippen LogP contribution is -2.50. The zero-order valence-electron chi connectivity index (χ0n) is 17.2. The van der Waals surface area contributed by atoms with Gasteiger partial charge in [0.2, 0.25) is 0 Å². The summed E-state index contributed by atoms with van der Waals surface area (Å²) in [6.07, 6.45) is 0.173. The van der Waals surface area contributed by atoms with Crippen molar-refractivity contribution in [2.45, 2.75) is 26.5 Å². The molecule has 0 bridgehead atoms. The van der Waals surface area contributed by atoms with Crippen LogP contribution in [0.3, 0.4) is 0 Å². The number of morpholine rings is 1. The fraction of sp³-hybridized carbons (Fsp3) is 0.650. The molecule has 1 unspecified atom stereocenters. The first-order valence-corrected chi connectivity index (χ1v) is 9.55. The molecule has 0 radical (unpaired) electrons. The smallest absolute Gasteiger partial charge is 0.191 e. The average molecular weight is 379 g/mol. The Balaban J connectivity index is 1.82. The molecule has 1 heterocycles. The number of methoxy groups -OCH3 is 2. The van der Waals surface area contributed by atoms with Crippen LogP contribution in [-0.2, 0) is 11.3 Å². The molecule has 0 amide bonds. The molecular weight excluding hydrogens is 344 g/mol. The lowest BCUT2D eigenvalue weighted by molar-refractivity contribution is -0.0284. The van der Waals surface area contributed by atoms with E-state index in [1.807, 2.05) is 18.2 Å². The number of rotatable bonds is 8. The zero-order chi connectivity index (χ0) is 19.6. The predicted molar refractivity (Wildman–Crippen MR) is 109 cm³/mol. The second kappa shape index (κ2) is 11.0. The molecule has 27 heavy (non-hydrogen) atoms. The molecule has 7 heteroatoms. The Morgan fingerprint density at radius 1 is 1.30 bits per heavy atom. The fourth-order valence-electron chi connectivity index (χ4n) is 3.19. The third-order valence-corrected chi connectivity index (χ3v) is 4.51. The number of benzene rings is 1. The second-order valence-electron chi connectivity index (χ2n) is 7.13. The Hall–Kier alpha value is -1.99. The van der Waals surface area contributed by atoms with Gasteiger partial charge in [0.15, 0.2) is 5.96 Å². The fourth-order valence-corrected chi connectivity index (χ4v) is 3.19. The molecule has 1 saturated heterocycles. The second-order valence-corrected chi connectivity index (χ2v) is 7.13. The molecule has 7 nitrogen and oxygen atoms in total. The Bertz CT molecular complexity index is 607. The lowest BCUT2D eigenvalue weighted by atomic mass is 10.2. The molecule has 0 saturated carbocycles. The summed E-state index contributed by atoms with van der Waals surface area (Å²) in [6.45, 7) is 9.71. The van der Waals surface area contributed by atoms with E-state index in [-0.39, 0.29) is 6.10 Å². The Morgan fingerprint density at radius 2 is 2.11 bits per heavy atom. The van der Waals surface area contributed by atoms with Crippen molar-refractivity contribution in [3.05, 3.63) is 23.8 Å². The van der Waals surface area contributed by atoms with Gasteiger partial charge in [-0.2, -0.15) is 0 Å². The third-order valence-electron chi connectivity index (χ3n) is 4.51. The highest BCUT2D eigenvalue weighted by Gasteiger charge is 2.21. The van der Waals surface area contributed by atoms with E-state index < -0.39 is 0 Å². The van der Waals surface area contributed by atoms with Crippen molar-refractivity contribution in [3.8, 4) is 11.5 Å². The predicted octanol–water partition coefficient (Wildman–Crippen LogP) is 1.73. The van der Waals surface area contributed by atoms with Gasteiger partial charge < -0.3 is 24.8 Å². The van der Waals surface area contributed by atoms with Crippen molar-refractivity contribution in [2.75, 3.05) is 54.1 Å². The van der Waals surface area contributed by atoms with E-state index in [2.05, 4.69) is 34.4 Å². The van der Waals surface area contributed by atoms with E-state index in [0.717, 1.165) is 55.8 Å². The van der Waals surface area contributed by atoms with Crippen LogP contribution >= 0.6 is 0 Å². The summed E-state index contributed by atoms with van der Waals surface area (Å²) in [6, 6.07) is 5.80. The number of nitrogens with one attached hydrogen (secondary N) is 2. The van der Waals surface area contributed by atoms with Gasteiger partial charge in [0.25, 0.3) is 0 Å². The summed E-state index contributed by atoms with van der Waals surface area (Å²) in [4.78, 5) is 6.78. The van der Waals surface area contributed by atoms with Crippen molar-refractivity contribution in [1.29, 1.82) is 0 Å². The van der Waals surface area contributed by atoms with Gasteiger partial charge in [0.05, 0.1) is 26.9 Å². The molecule has 0 spiro atoms. The largest absolute Gasteiger partial charge is 0.497 e. The van der Waals surface area contributed by atoms with Crippen molar-refractivity contribution in [2.24, 2.45) is 10.9 Å². The molecular formula is C20H34N4O3. The maximum atomic E-state index is 5.89. The number of hydrogen-bond acceptors (Lipinski definition) is 5. The van der Waals surface area contributed by atoms with Gasteiger partial charge in [-0.1, -0.05) is 13.8 Å². The first kappa shape index (κ1) is 21.3. The van der Waals surface area contributed by atoms with Crippen molar-refractivity contribution in [1.82, 2.24) is 15.5 Å². The summed E-state index contributed by atoms with van der Waals surface area (Å²) >= 11 is 0. The molecule has 1 fully saturated rings. The highest BCUT2D eigenvalue weighted by Crippen LogP contribution is 2.24. The van der Waals surface area contributed by atoms with Crippen LogP contribution in [0.5, 0.6) is 11.5 Å². The molecule has 1 atom stereocenters. The van der Waals surface area contributed by atoms with E-state index in [0.29, 0.717) is 12.5 Å². The number of hydrogen-bond donors (Lipinski definition) is 2. The van der Waals surface area contributed by atoms with Crippen LogP contribution in [0.25, 0.3) is 0 Å². The van der Waals surface area contributed by atoms with Crippen LogP contribution in [-0.4, -0.2) is 71.0 Å². The average Bonchev–Trinajstić information content (AvgIpc) is 2.67. The topological polar surface area (TPSA) is 67.4 Å². The number of guanidine groups is 1. The number of aliphatic imine (C=N–C) groups is 1. The summed E-state index contributed by atoms with van der Waals surface area (Å²) < 4.78 is 16.6. The van der Waals surface area contributed by atoms with Crippen LogP contribution < -0.4 is 20.1 Å². The van der Waals surface area contributed by atoms with Gasteiger partial charge in [-0.15, -0.1) is 0 Å². The highest BCUT2D eigenvalue weighted by atomic mass is 16.5. The molecule has 1 aromatic carbocycles. The molecule has 0 aliphatic carbocycles. The molecule has 1 aliphatic heterocycles. The highest BCUT2D eigenvalue weighted by molar-refractivity contribution is 5.79. The molecule has 2 rings (SSSR count).